The summed E-state index contributed by atoms with van der Waals surface area (Å²) in [5.74, 6) is 1.38. The molecule has 0 bridgehead atoms. The summed E-state index contributed by atoms with van der Waals surface area (Å²) >= 11 is 12.7. The first-order chi connectivity index (χ1) is 24.1. The Balaban J connectivity index is 0.000000270. The van der Waals surface area contributed by atoms with Gasteiger partial charge in [-0.3, -0.25) is 0 Å². The number of hydrogen-bond donors (Lipinski definition) is 4. The molecule has 4 N–H and O–H groups in total. The minimum Gasteiger partial charge on any atom is -0.391 e. The first-order valence-electron chi connectivity index (χ1n) is 16.2. The molecule has 272 valence electrons. The molecular weight excluding hydrogens is 695 g/mol. The Kier molecular flexibility index (Phi) is 14.6. The van der Waals surface area contributed by atoms with Gasteiger partial charge in [-0.15, -0.1) is 0 Å². The van der Waals surface area contributed by atoms with Gasteiger partial charge in [0.05, 0.1) is 67.9 Å². The van der Waals surface area contributed by atoms with Crippen molar-refractivity contribution in [3.63, 3.8) is 0 Å². The van der Waals surface area contributed by atoms with Crippen LogP contribution in [-0.2, 0) is 13.1 Å². The summed E-state index contributed by atoms with van der Waals surface area (Å²) in [6.45, 7) is 8.80. The Morgan fingerprint density at radius 1 is 0.692 bits per heavy atom. The van der Waals surface area contributed by atoms with Gasteiger partial charge in [0.15, 0.2) is 0 Å². The van der Waals surface area contributed by atoms with E-state index in [-0.39, 0.29) is 27.1 Å². The molecule has 0 aliphatic heterocycles. The first kappa shape index (κ1) is 41.3. The molecule has 2 aromatic carbocycles. The van der Waals surface area contributed by atoms with Crippen molar-refractivity contribution in [3.05, 3.63) is 106 Å². The minimum absolute atomic E-state index is 0. The number of fused-ring (bicyclic) bond motifs is 2. The van der Waals surface area contributed by atoms with Crippen LogP contribution in [0.3, 0.4) is 0 Å². The van der Waals surface area contributed by atoms with Crippen LogP contribution in [0.4, 0.5) is 23.0 Å². The highest BCUT2D eigenvalue weighted by atomic mass is 35.5. The average molecular weight is 742 g/mol. The smallest absolute Gasteiger partial charge is 0.139 e. The van der Waals surface area contributed by atoms with Crippen molar-refractivity contribution in [1.82, 2.24) is 19.1 Å². The number of aliphatic hydroxyl groups excluding tert-OH is 2. The molecule has 52 heavy (non-hydrogen) atoms. The van der Waals surface area contributed by atoms with Crippen molar-refractivity contribution < 1.29 is 10.2 Å². The van der Waals surface area contributed by atoms with E-state index in [2.05, 4.69) is 32.7 Å². The zero-order valence-electron chi connectivity index (χ0n) is 28.2. The van der Waals surface area contributed by atoms with Crippen LogP contribution in [0.2, 0.25) is 10.0 Å². The van der Waals surface area contributed by atoms with Crippen molar-refractivity contribution in [2.45, 2.75) is 80.7 Å². The number of nitriles is 2. The lowest BCUT2D eigenvalue weighted by Crippen LogP contribution is -2.13. The van der Waals surface area contributed by atoms with Gasteiger partial charge in [0.1, 0.15) is 11.6 Å². The number of aryl methyl sites for hydroxylation is 2. The van der Waals surface area contributed by atoms with Crippen LogP contribution < -0.4 is 10.6 Å². The van der Waals surface area contributed by atoms with Gasteiger partial charge in [-0.05, 0) is 86.3 Å². The monoisotopic (exact) mass is 740 g/mol. The molecule has 0 spiro atoms. The van der Waals surface area contributed by atoms with E-state index in [0.29, 0.717) is 58.7 Å². The van der Waals surface area contributed by atoms with Crippen LogP contribution in [-0.4, -0.2) is 41.5 Å². The number of nitrogens with one attached hydrogen (secondary N) is 2. The fourth-order valence-electron chi connectivity index (χ4n) is 5.65. The number of nitrogens with zero attached hydrogens (tertiary/aromatic N) is 6. The maximum Gasteiger partial charge on any atom is 0.139 e. The number of aromatic nitrogens is 4. The van der Waals surface area contributed by atoms with Crippen molar-refractivity contribution in [2.75, 3.05) is 10.6 Å². The summed E-state index contributed by atoms with van der Waals surface area (Å²) in [5, 5.41) is 47.4. The van der Waals surface area contributed by atoms with Gasteiger partial charge in [0, 0.05) is 48.6 Å². The van der Waals surface area contributed by atoms with Gasteiger partial charge in [-0.2, -0.15) is 10.5 Å². The van der Waals surface area contributed by atoms with Crippen LogP contribution in [0, 0.1) is 36.5 Å². The molecule has 4 aromatic heterocycles. The quantitative estimate of drug-likeness (QED) is 0.108. The zero-order valence-corrected chi connectivity index (χ0v) is 29.8. The molecule has 4 heterocycles. The Morgan fingerprint density at radius 2 is 1.08 bits per heavy atom. The van der Waals surface area contributed by atoms with Crippen LogP contribution in [0.1, 0.15) is 63.8 Å². The molecule has 6 rings (SSSR count). The van der Waals surface area contributed by atoms with Gasteiger partial charge in [-0.1, -0.05) is 51.9 Å². The Labute approximate surface area is 315 Å². The number of halogens is 2. The average Bonchev–Trinajstić information content (AvgIpc) is 3.72. The lowest BCUT2D eigenvalue weighted by Gasteiger charge is -2.13. The molecule has 0 saturated heterocycles. The van der Waals surface area contributed by atoms with Crippen molar-refractivity contribution in [2.24, 2.45) is 0 Å². The van der Waals surface area contributed by atoms with Crippen LogP contribution in [0.25, 0.3) is 21.8 Å². The largest absolute Gasteiger partial charge is 0.391 e. The molecule has 0 amide bonds. The summed E-state index contributed by atoms with van der Waals surface area (Å²) in [6, 6.07) is 18.9. The third-order valence-electron chi connectivity index (χ3n) is 8.47. The highest BCUT2D eigenvalue weighted by Crippen LogP contribution is 2.34. The van der Waals surface area contributed by atoms with Gasteiger partial charge in [-0.25, -0.2) is 9.97 Å². The number of hydrogen-bond acceptors (Lipinski definition) is 8. The molecule has 0 aliphatic carbocycles. The van der Waals surface area contributed by atoms with Crippen LogP contribution in [0.5, 0.6) is 0 Å². The number of anilines is 4. The second-order valence-electron chi connectivity index (χ2n) is 12.0. The van der Waals surface area contributed by atoms with E-state index in [0.717, 1.165) is 44.3 Å². The van der Waals surface area contributed by atoms with Crippen LogP contribution >= 0.6 is 23.2 Å². The third kappa shape index (κ3) is 9.22. The number of aliphatic hydroxyl groups is 2. The third-order valence-corrected chi connectivity index (χ3v) is 9.07. The summed E-state index contributed by atoms with van der Waals surface area (Å²) in [7, 11) is 0. The maximum absolute atomic E-state index is 9.92. The van der Waals surface area contributed by atoms with E-state index >= 15 is 0 Å². The molecule has 0 radical (unpaired) electrons. The van der Waals surface area contributed by atoms with Gasteiger partial charge >= 0.3 is 0 Å². The van der Waals surface area contributed by atoms with E-state index in [1.807, 2.05) is 73.5 Å². The highest BCUT2D eigenvalue weighted by Gasteiger charge is 2.15. The van der Waals surface area contributed by atoms with Crippen molar-refractivity contribution in [1.29, 1.82) is 10.5 Å². The van der Waals surface area contributed by atoms with Crippen LogP contribution in [0.15, 0.2) is 73.3 Å². The van der Waals surface area contributed by atoms with E-state index in [1.54, 1.807) is 36.7 Å². The van der Waals surface area contributed by atoms with Crippen molar-refractivity contribution >= 4 is 68.0 Å². The highest BCUT2D eigenvalue weighted by molar-refractivity contribution is 6.34. The molecule has 0 fully saturated rings. The molecule has 12 heteroatoms. The first-order valence-corrected chi connectivity index (χ1v) is 17.0. The number of pyridine rings is 2. The molecule has 0 saturated carbocycles. The standard InChI is InChI=1S/2C19H19ClN4O.2CH4/c2*1-3-14(25)11-24-7-5-15-17(24)4-6-22-19(15)23-18-12(2)8-13(10-21)9-16(18)20;;/h2*4-9,14,25H,3,11H2,1-2H3,(H,22,23);2*1H4/t2*14-;;/m10../s1. The summed E-state index contributed by atoms with van der Waals surface area (Å²) in [4.78, 5) is 8.86. The second kappa shape index (κ2) is 18.4. The molecule has 0 aliphatic rings. The molecule has 10 nitrogen and oxygen atoms in total. The normalized spacial score (nSPS) is 11.7. The van der Waals surface area contributed by atoms with E-state index in [9.17, 15) is 10.2 Å². The van der Waals surface area contributed by atoms with E-state index < -0.39 is 0 Å². The second-order valence-corrected chi connectivity index (χ2v) is 12.8. The summed E-state index contributed by atoms with van der Waals surface area (Å²) < 4.78 is 4.03. The van der Waals surface area contributed by atoms with Gasteiger partial charge < -0.3 is 30.0 Å². The zero-order chi connectivity index (χ0) is 35.9. The lowest BCUT2D eigenvalue weighted by molar-refractivity contribution is 0.151. The lowest BCUT2D eigenvalue weighted by atomic mass is 10.1. The molecular formula is C40H46Cl2N8O2. The summed E-state index contributed by atoms with van der Waals surface area (Å²) in [5.41, 5.74) is 6.27. The predicted octanol–water partition coefficient (Wildman–Crippen LogP) is 10.0. The number of rotatable bonds is 10. The Morgan fingerprint density at radius 3 is 1.40 bits per heavy atom. The Bertz CT molecular complexity index is 2030. The Hall–Kier alpha value is -5.10. The number of benzene rings is 2. The molecule has 6 aromatic rings. The fraction of sp³-hybridized carbons (Fsp3) is 0.300. The van der Waals surface area contributed by atoms with Gasteiger partial charge in [0.25, 0.3) is 0 Å². The topological polar surface area (TPSA) is 148 Å². The van der Waals surface area contributed by atoms with E-state index in [1.165, 1.54) is 0 Å². The fourth-order valence-corrected chi connectivity index (χ4v) is 6.27. The summed E-state index contributed by atoms with van der Waals surface area (Å²) in [6.07, 6.45) is 8.00. The maximum atomic E-state index is 9.92. The molecule has 0 unspecified atom stereocenters. The predicted molar refractivity (Wildman–Crippen MR) is 214 cm³/mol. The van der Waals surface area contributed by atoms with Gasteiger partial charge in [0.2, 0.25) is 0 Å². The van der Waals surface area contributed by atoms with E-state index in [4.69, 9.17) is 33.7 Å². The van der Waals surface area contributed by atoms with Crippen molar-refractivity contribution in [3.8, 4) is 12.1 Å². The SMILES string of the molecule is C.C.CC[C@@H](O)Cn1ccc2c(Nc3c(C)cc(C#N)cc3Cl)nccc21.CC[C@H](O)Cn1ccc2c(Nc3c(C)cc(C#N)cc3Cl)nccc21. The minimum atomic E-state index is -0.379. The molecule has 2 atom stereocenters.